The maximum absolute atomic E-state index is 14.7. The molecule has 2 fully saturated rings. The molecule has 41 heavy (non-hydrogen) atoms. The molecule has 2 aromatic rings. The van der Waals surface area contributed by atoms with Gasteiger partial charge in [-0.15, -0.1) is 6.58 Å². The summed E-state index contributed by atoms with van der Waals surface area (Å²) in [5, 5.41) is 12.2. The standard InChI is InChI=1S/C33H44Cl2N2O4/c1-7-16-33(6)20-26(23-10-9-11-25(35)19-23)29(22-12-14-24(34)15-13-22)37(30(33)38)27(8-2)28-21-36(17-18-40-28)31(39)41-32(3,4)5/h7,9-15,19,26-29,31,39H,1,8,16-18,20-21H2,2-6H3/t26-,27-,28-,29-,31?,33+/m1/s1. The van der Waals surface area contributed by atoms with Gasteiger partial charge in [0.2, 0.25) is 12.3 Å². The van der Waals surface area contributed by atoms with Gasteiger partial charge in [-0.05, 0) is 75.4 Å². The van der Waals surface area contributed by atoms with E-state index in [9.17, 15) is 9.90 Å². The van der Waals surface area contributed by atoms with Crippen molar-refractivity contribution in [1.29, 1.82) is 0 Å². The lowest BCUT2D eigenvalue weighted by atomic mass is 9.67. The summed E-state index contributed by atoms with van der Waals surface area (Å²) >= 11 is 12.8. The number of carbonyl (C=O) groups is 1. The Labute approximate surface area is 255 Å². The highest BCUT2D eigenvalue weighted by molar-refractivity contribution is 6.30. The highest BCUT2D eigenvalue weighted by atomic mass is 35.5. The molecule has 1 amide bonds. The van der Waals surface area contributed by atoms with Gasteiger partial charge in [0, 0.05) is 29.1 Å². The van der Waals surface area contributed by atoms with Gasteiger partial charge in [0.15, 0.2) is 0 Å². The number of likely N-dealkylation sites (tertiary alicyclic amines) is 1. The Morgan fingerprint density at radius 2 is 1.88 bits per heavy atom. The molecule has 2 aliphatic rings. The quantitative estimate of drug-likeness (QED) is 0.243. The zero-order chi connectivity index (χ0) is 29.9. The Kier molecular flexibility index (Phi) is 10.3. The predicted molar refractivity (Wildman–Crippen MR) is 165 cm³/mol. The summed E-state index contributed by atoms with van der Waals surface area (Å²) in [5.74, 6) is 0.0516. The molecule has 1 unspecified atom stereocenters. The monoisotopic (exact) mass is 602 g/mol. The third-order valence-corrected chi connectivity index (χ3v) is 8.77. The van der Waals surface area contributed by atoms with Crippen molar-refractivity contribution in [3.63, 3.8) is 0 Å². The van der Waals surface area contributed by atoms with Gasteiger partial charge in [0.05, 0.1) is 35.8 Å². The van der Waals surface area contributed by atoms with Crippen LogP contribution in [0.25, 0.3) is 0 Å². The summed E-state index contributed by atoms with van der Waals surface area (Å²) in [6, 6.07) is 15.2. The Bertz CT molecular complexity index is 1200. The summed E-state index contributed by atoms with van der Waals surface area (Å²) in [6.45, 7) is 15.3. The number of morpholine rings is 1. The predicted octanol–water partition coefficient (Wildman–Crippen LogP) is 7.20. The van der Waals surface area contributed by atoms with E-state index in [1.54, 1.807) is 0 Å². The molecule has 0 saturated carbocycles. The fraction of sp³-hybridized carbons (Fsp3) is 0.545. The van der Waals surface area contributed by atoms with Gasteiger partial charge < -0.3 is 19.5 Å². The van der Waals surface area contributed by atoms with E-state index in [-0.39, 0.29) is 30.0 Å². The molecule has 6 nitrogen and oxygen atoms in total. The number of halogens is 2. The Hall–Kier alpha value is -1.93. The van der Waals surface area contributed by atoms with E-state index in [4.69, 9.17) is 32.7 Å². The largest absolute Gasteiger partial charge is 0.373 e. The van der Waals surface area contributed by atoms with Gasteiger partial charge in [-0.3, -0.25) is 9.69 Å². The van der Waals surface area contributed by atoms with Crippen molar-refractivity contribution >= 4 is 29.1 Å². The summed E-state index contributed by atoms with van der Waals surface area (Å²) in [4.78, 5) is 18.6. The molecule has 4 rings (SSSR count). The van der Waals surface area contributed by atoms with Crippen molar-refractivity contribution in [1.82, 2.24) is 9.80 Å². The smallest absolute Gasteiger partial charge is 0.229 e. The molecular formula is C33H44Cl2N2O4. The molecule has 0 bridgehead atoms. The maximum atomic E-state index is 14.7. The molecular weight excluding hydrogens is 559 g/mol. The number of allylic oxidation sites excluding steroid dienone is 1. The lowest BCUT2D eigenvalue weighted by Crippen LogP contribution is -2.62. The summed E-state index contributed by atoms with van der Waals surface area (Å²) in [6.07, 6.45) is 2.34. The van der Waals surface area contributed by atoms with Crippen LogP contribution in [0, 0.1) is 5.41 Å². The number of ether oxygens (including phenoxy) is 2. The van der Waals surface area contributed by atoms with Crippen LogP contribution >= 0.6 is 23.2 Å². The topological polar surface area (TPSA) is 62.2 Å². The first-order valence-electron chi connectivity index (χ1n) is 14.5. The molecule has 2 heterocycles. The van der Waals surface area contributed by atoms with Crippen molar-refractivity contribution in [2.75, 3.05) is 19.7 Å². The van der Waals surface area contributed by atoms with E-state index in [1.807, 2.05) is 81.1 Å². The van der Waals surface area contributed by atoms with Crippen LogP contribution in [0.5, 0.6) is 0 Å². The Balaban J connectivity index is 1.80. The van der Waals surface area contributed by atoms with E-state index < -0.39 is 17.4 Å². The summed E-state index contributed by atoms with van der Waals surface area (Å²) < 4.78 is 12.2. The first kappa shape index (κ1) is 32.0. The lowest BCUT2D eigenvalue weighted by molar-refractivity contribution is -0.258. The first-order chi connectivity index (χ1) is 19.4. The van der Waals surface area contributed by atoms with Crippen LogP contribution in [0.15, 0.2) is 61.2 Å². The van der Waals surface area contributed by atoms with Crippen LogP contribution in [0.4, 0.5) is 0 Å². The molecule has 2 aromatic carbocycles. The average Bonchev–Trinajstić information content (AvgIpc) is 2.91. The van der Waals surface area contributed by atoms with Crippen molar-refractivity contribution in [3.05, 3.63) is 82.4 Å². The highest BCUT2D eigenvalue weighted by Gasteiger charge is 2.52. The minimum atomic E-state index is -1.06. The van der Waals surface area contributed by atoms with Crippen molar-refractivity contribution in [3.8, 4) is 0 Å². The lowest BCUT2D eigenvalue weighted by Gasteiger charge is -2.54. The van der Waals surface area contributed by atoms with Crippen molar-refractivity contribution in [2.24, 2.45) is 5.41 Å². The van der Waals surface area contributed by atoms with Crippen molar-refractivity contribution in [2.45, 2.75) is 90.0 Å². The molecule has 0 aromatic heterocycles. The summed E-state index contributed by atoms with van der Waals surface area (Å²) in [5.41, 5.74) is 0.932. The normalized spacial score (nSPS) is 27.5. The Morgan fingerprint density at radius 3 is 2.49 bits per heavy atom. The Morgan fingerprint density at radius 1 is 1.17 bits per heavy atom. The minimum Gasteiger partial charge on any atom is -0.373 e. The number of nitrogens with zero attached hydrogens (tertiary/aromatic N) is 2. The number of amides is 1. The van der Waals surface area contributed by atoms with Crippen LogP contribution in [0.3, 0.4) is 0 Å². The zero-order valence-corrected chi connectivity index (χ0v) is 26.4. The third-order valence-electron chi connectivity index (χ3n) is 8.29. The molecule has 2 aliphatic heterocycles. The number of aliphatic hydroxyl groups excluding tert-OH is 1. The van der Waals surface area contributed by atoms with E-state index in [0.29, 0.717) is 49.0 Å². The molecule has 1 N–H and O–H groups in total. The third kappa shape index (κ3) is 7.35. The van der Waals surface area contributed by atoms with Crippen LogP contribution in [-0.2, 0) is 14.3 Å². The SMILES string of the molecule is C=CC[C@@]1(C)C[C@H](c2cccc(Cl)c2)[C@@H](c2ccc(Cl)cc2)N([C@H](CC)[C@H]2CN(C(O)OC(C)(C)C)CCO2)C1=O. The number of piperidine rings is 1. The van der Waals surface area contributed by atoms with Gasteiger partial charge in [0.25, 0.3) is 0 Å². The average molecular weight is 604 g/mol. The highest BCUT2D eigenvalue weighted by Crippen LogP contribution is 2.52. The van der Waals surface area contributed by atoms with Gasteiger partial charge in [0.1, 0.15) is 0 Å². The molecule has 6 atom stereocenters. The zero-order valence-electron chi connectivity index (χ0n) is 24.9. The van der Waals surface area contributed by atoms with Gasteiger partial charge in [-0.1, -0.05) is 67.4 Å². The molecule has 2 saturated heterocycles. The minimum absolute atomic E-state index is 0.0268. The molecule has 224 valence electrons. The molecule has 0 radical (unpaired) electrons. The number of benzene rings is 2. The number of aliphatic hydroxyl groups is 1. The molecule has 0 spiro atoms. The molecule has 0 aliphatic carbocycles. The van der Waals surface area contributed by atoms with Gasteiger partial charge in [-0.2, -0.15) is 0 Å². The number of carbonyl (C=O) groups excluding carboxylic acids is 1. The van der Waals surface area contributed by atoms with Gasteiger partial charge in [-0.25, -0.2) is 0 Å². The molecule has 8 heteroatoms. The van der Waals surface area contributed by atoms with E-state index in [0.717, 1.165) is 11.1 Å². The van der Waals surface area contributed by atoms with E-state index >= 15 is 0 Å². The number of hydrogen-bond donors (Lipinski definition) is 1. The summed E-state index contributed by atoms with van der Waals surface area (Å²) in [7, 11) is 0. The number of hydrogen-bond acceptors (Lipinski definition) is 5. The second kappa shape index (κ2) is 13.2. The van der Waals surface area contributed by atoms with Crippen LogP contribution in [0.2, 0.25) is 10.0 Å². The first-order valence-corrected chi connectivity index (χ1v) is 15.3. The fourth-order valence-electron chi connectivity index (χ4n) is 6.41. The van der Waals surface area contributed by atoms with E-state index in [1.165, 1.54) is 0 Å². The second-order valence-electron chi connectivity index (χ2n) is 12.6. The fourth-order valence-corrected chi connectivity index (χ4v) is 6.74. The maximum Gasteiger partial charge on any atom is 0.229 e. The van der Waals surface area contributed by atoms with E-state index in [2.05, 4.69) is 24.5 Å². The van der Waals surface area contributed by atoms with Crippen molar-refractivity contribution < 1.29 is 19.4 Å². The van der Waals surface area contributed by atoms with Crippen LogP contribution in [-0.4, -0.2) is 64.7 Å². The van der Waals surface area contributed by atoms with Gasteiger partial charge >= 0.3 is 0 Å². The van der Waals surface area contributed by atoms with Crippen LogP contribution in [0.1, 0.15) is 77.0 Å². The van der Waals surface area contributed by atoms with Crippen LogP contribution < -0.4 is 0 Å². The number of rotatable bonds is 9. The second-order valence-corrected chi connectivity index (χ2v) is 13.4.